The molecule has 0 radical (unpaired) electrons. The van der Waals surface area contributed by atoms with Gasteiger partial charge in [-0.3, -0.25) is 0 Å². The smallest absolute Gasteiger partial charge is 0.245 e. The van der Waals surface area contributed by atoms with Crippen LogP contribution in [0.1, 0.15) is 17.5 Å². The third-order valence-electron chi connectivity index (χ3n) is 3.05. The lowest BCUT2D eigenvalue weighted by atomic mass is 10.1. The third-order valence-corrected chi connectivity index (χ3v) is 4.87. The molecule has 0 unspecified atom stereocenters. The van der Waals surface area contributed by atoms with E-state index in [2.05, 4.69) is 0 Å². The molecule has 0 aromatic heterocycles. The Kier molecular flexibility index (Phi) is 3.51. The summed E-state index contributed by atoms with van der Waals surface area (Å²) < 4.78 is 31.2. The minimum Gasteiger partial charge on any atom is -0.365 e. The molecule has 1 aromatic carbocycles. The van der Waals surface area contributed by atoms with E-state index in [1.807, 2.05) is 19.9 Å². The van der Waals surface area contributed by atoms with Crippen molar-refractivity contribution in [2.45, 2.75) is 25.2 Å². The van der Waals surface area contributed by atoms with E-state index < -0.39 is 10.0 Å². The van der Waals surface area contributed by atoms with Crippen LogP contribution in [0.3, 0.4) is 0 Å². The molecule has 0 aliphatic carbocycles. The summed E-state index contributed by atoms with van der Waals surface area (Å²) in [6.07, 6.45) is 0.754. The summed E-state index contributed by atoms with van der Waals surface area (Å²) in [4.78, 5) is 0.353. The summed E-state index contributed by atoms with van der Waals surface area (Å²) in [5.41, 5.74) is 2.09. The van der Waals surface area contributed by atoms with E-state index in [9.17, 15) is 8.42 Å². The van der Waals surface area contributed by atoms with Crippen LogP contribution in [0.2, 0.25) is 0 Å². The van der Waals surface area contributed by atoms with Gasteiger partial charge in [0.25, 0.3) is 0 Å². The van der Waals surface area contributed by atoms with Crippen LogP contribution in [-0.4, -0.2) is 32.6 Å². The lowest BCUT2D eigenvalue weighted by Crippen LogP contribution is -2.38. The molecular formula is C12H17NO3S. The molecule has 2 rings (SSSR count). The zero-order chi connectivity index (χ0) is 12.5. The molecule has 4 nitrogen and oxygen atoms in total. The number of hydrogen-bond acceptors (Lipinski definition) is 3. The van der Waals surface area contributed by atoms with Gasteiger partial charge in [0.15, 0.2) is 0 Å². The van der Waals surface area contributed by atoms with E-state index in [-0.39, 0.29) is 6.73 Å². The first kappa shape index (κ1) is 12.5. The van der Waals surface area contributed by atoms with Crippen molar-refractivity contribution in [1.29, 1.82) is 0 Å². The number of ether oxygens (including phenoxy) is 1. The predicted molar refractivity (Wildman–Crippen MR) is 65.2 cm³/mol. The van der Waals surface area contributed by atoms with E-state index in [0.717, 1.165) is 17.5 Å². The van der Waals surface area contributed by atoms with Crippen LogP contribution in [0.5, 0.6) is 0 Å². The monoisotopic (exact) mass is 255 g/mol. The molecule has 1 aliphatic rings. The number of hydrogen-bond donors (Lipinski definition) is 0. The van der Waals surface area contributed by atoms with Gasteiger partial charge in [-0.05, 0) is 43.5 Å². The van der Waals surface area contributed by atoms with Crippen LogP contribution in [0.4, 0.5) is 0 Å². The maximum absolute atomic E-state index is 12.3. The molecule has 0 saturated carbocycles. The molecule has 1 aromatic rings. The Hall–Kier alpha value is -0.910. The minimum atomic E-state index is -3.39. The van der Waals surface area contributed by atoms with E-state index >= 15 is 0 Å². The average molecular weight is 255 g/mol. The second kappa shape index (κ2) is 4.76. The predicted octanol–water partition coefficient (Wildman–Crippen LogP) is 1.67. The molecule has 1 aliphatic heterocycles. The molecule has 17 heavy (non-hydrogen) atoms. The maximum Gasteiger partial charge on any atom is 0.245 e. The molecule has 0 bridgehead atoms. The molecule has 0 atom stereocenters. The zero-order valence-electron chi connectivity index (χ0n) is 10.1. The first-order chi connectivity index (χ1) is 8.01. The summed E-state index contributed by atoms with van der Waals surface area (Å²) in [5.74, 6) is 0. The van der Waals surface area contributed by atoms with Crippen molar-refractivity contribution in [2.75, 3.05) is 19.9 Å². The summed E-state index contributed by atoms with van der Waals surface area (Å²) in [6.45, 7) is 5.22. The van der Waals surface area contributed by atoms with E-state index in [0.29, 0.717) is 18.0 Å². The Morgan fingerprint density at radius 2 is 2.00 bits per heavy atom. The number of nitrogens with zero attached hydrogens (tertiary/aromatic N) is 1. The van der Waals surface area contributed by atoms with Gasteiger partial charge in [-0.1, -0.05) is 6.07 Å². The molecule has 94 valence electrons. The van der Waals surface area contributed by atoms with Crippen LogP contribution in [0, 0.1) is 13.8 Å². The SMILES string of the molecule is Cc1ccc(S(=O)(=O)N2CCCOC2)cc1C. The van der Waals surface area contributed by atoms with Crippen molar-refractivity contribution in [3.05, 3.63) is 29.3 Å². The number of benzene rings is 1. The summed E-state index contributed by atoms with van der Waals surface area (Å²) in [7, 11) is -3.39. The second-order valence-electron chi connectivity index (χ2n) is 4.32. The first-order valence-corrected chi connectivity index (χ1v) is 7.11. The van der Waals surface area contributed by atoms with Gasteiger partial charge in [0, 0.05) is 13.2 Å². The fraction of sp³-hybridized carbons (Fsp3) is 0.500. The fourth-order valence-corrected chi connectivity index (χ4v) is 3.23. The average Bonchev–Trinajstić information content (AvgIpc) is 2.33. The highest BCUT2D eigenvalue weighted by atomic mass is 32.2. The van der Waals surface area contributed by atoms with Gasteiger partial charge in [0.1, 0.15) is 6.73 Å². The van der Waals surface area contributed by atoms with Crippen molar-refractivity contribution in [1.82, 2.24) is 4.31 Å². The summed E-state index contributed by atoms with van der Waals surface area (Å²) in [5, 5.41) is 0. The molecule has 1 fully saturated rings. The number of sulfonamides is 1. The topological polar surface area (TPSA) is 46.6 Å². The quantitative estimate of drug-likeness (QED) is 0.807. The highest BCUT2D eigenvalue weighted by molar-refractivity contribution is 7.89. The first-order valence-electron chi connectivity index (χ1n) is 5.67. The molecule has 1 heterocycles. The standard InChI is InChI=1S/C12H17NO3S/c1-10-4-5-12(8-11(10)2)17(14,15)13-6-3-7-16-9-13/h4-5,8H,3,6-7,9H2,1-2H3. The Morgan fingerprint density at radius 1 is 1.24 bits per heavy atom. The van der Waals surface area contributed by atoms with Crippen molar-refractivity contribution in [3.63, 3.8) is 0 Å². The van der Waals surface area contributed by atoms with Gasteiger partial charge in [-0.15, -0.1) is 0 Å². The van der Waals surface area contributed by atoms with Crippen molar-refractivity contribution in [2.24, 2.45) is 0 Å². The van der Waals surface area contributed by atoms with E-state index in [1.165, 1.54) is 4.31 Å². The second-order valence-corrected chi connectivity index (χ2v) is 6.26. The minimum absolute atomic E-state index is 0.162. The van der Waals surface area contributed by atoms with Crippen molar-refractivity contribution in [3.8, 4) is 0 Å². The summed E-state index contributed by atoms with van der Waals surface area (Å²) in [6, 6.07) is 5.22. The third kappa shape index (κ3) is 2.51. The molecule has 0 amide bonds. The van der Waals surface area contributed by atoms with Gasteiger partial charge in [-0.25, -0.2) is 8.42 Å². The van der Waals surface area contributed by atoms with Crippen molar-refractivity contribution < 1.29 is 13.2 Å². The molecule has 1 saturated heterocycles. The zero-order valence-corrected chi connectivity index (χ0v) is 11.0. The van der Waals surface area contributed by atoms with Crippen molar-refractivity contribution >= 4 is 10.0 Å². The highest BCUT2D eigenvalue weighted by Crippen LogP contribution is 2.20. The normalized spacial score (nSPS) is 18.2. The number of rotatable bonds is 2. The van der Waals surface area contributed by atoms with Gasteiger partial charge in [0.2, 0.25) is 10.0 Å². The van der Waals surface area contributed by atoms with Crippen LogP contribution < -0.4 is 0 Å². The van der Waals surface area contributed by atoms with Crippen LogP contribution >= 0.6 is 0 Å². The Labute approximate surface area is 102 Å². The lowest BCUT2D eigenvalue weighted by Gasteiger charge is -2.26. The largest absolute Gasteiger partial charge is 0.365 e. The fourth-order valence-electron chi connectivity index (χ4n) is 1.79. The van der Waals surface area contributed by atoms with Gasteiger partial charge in [-0.2, -0.15) is 4.31 Å². The molecule has 0 N–H and O–H groups in total. The Morgan fingerprint density at radius 3 is 2.59 bits per heavy atom. The molecule has 5 heteroatoms. The van der Waals surface area contributed by atoms with Crippen LogP contribution in [0.15, 0.2) is 23.1 Å². The maximum atomic E-state index is 12.3. The van der Waals surface area contributed by atoms with E-state index in [1.54, 1.807) is 12.1 Å². The van der Waals surface area contributed by atoms with Gasteiger partial charge >= 0.3 is 0 Å². The number of aryl methyl sites for hydroxylation is 2. The lowest BCUT2D eigenvalue weighted by molar-refractivity contribution is 0.0313. The van der Waals surface area contributed by atoms with Gasteiger partial charge < -0.3 is 4.74 Å². The molecular weight excluding hydrogens is 238 g/mol. The van der Waals surface area contributed by atoms with E-state index in [4.69, 9.17) is 4.74 Å². The van der Waals surface area contributed by atoms with Gasteiger partial charge in [0.05, 0.1) is 4.90 Å². The van der Waals surface area contributed by atoms with Crippen LogP contribution in [0.25, 0.3) is 0 Å². The Bertz CT molecular complexity index is 504. The Balaban J connectivity index is 2.33. The highest BCUT2D eigenvalue weighted by Gasteiger charge is 2.26. The molecule has 0 spiro atoms. The summed E-state index contributed by atoms with van der Waals surface area (Å²) >= 11 is 0. The van der Waals surface area contributed by atoms with Crippen LogP contribution in [-0.2, 0) is 14.8 Å².